The van der Waals surface area contributed by atoms with Gasteiger partial charge in [0, 0.05) is 6.54 Å². The number of rotatable bonds is 10. The van der Waals surface area contributed by atoms with E-state index in [1.54, 1.807) is 0 Å². The second-order valence-electron chi connectivity index (χ2n) is 5.48. The van der Waals surface area contributed by atoms with Gasteiger partial charge in [-0.3, -0.25) is 9.69 Å². The largest absolute Gasteiger partial charge is 0.355 e. The molecule has 108 valence electrons. The molecule has 0 heterocycles. The van der Waals surface area contributed by atoms with Crippen LogP contribution in [0.2, 0.25) is 0 Å². The molecule has 0 radical (unpaired) electrons. The van der Waals surface area contributed by atoms with Crippen LogP contribution in [0, 0.1) is 5.92 Å². The zero-order chi connectivity index (χ0) is 14.0. The molecule has 0 rings (SSSR count). The summed E-state index contributed by atoms with van der Waals surface area (Å²) < 4.78 is 0. The predicted molar refractivity (Wildman–Crippen MR) is 77.5 cm³/mol. The third-order valence-corrected chi connectivity index (χ3v) is 3.28. The van der Waals surface area contributed by atoms with Crippen LogP contribution in [0.4, 0.5) is 0 Å². The Kier molecular flexibility index (Phi) is 9.98. The van der Waals surface area contributed by atoms with E-state index in [9.17, 15) is 4.79 Å². The molecular weight excluding hydrogens is 226 g/mol. The molecule has 0 saturated carbocycles. The van der Waals surface area contributed by atoms with Gasteiger partial charge in [-0.05, 0) is 52.2 Å². The Bertz CT molecular complexity index is 219. The van der Waals surface area contributed by atoms with E-state index in [0.717, 1.165) is 45.3 Å². The third-order valence-electron chi connectivity index (χ3n) is 3.28. The van der Waals surface area contributed by atoms with Crippen LogP contribution in [0.25, 0.3) is 0 Å². The van der Waals surface area contributed by atoms with Crippen LogP contribution in [0.5, 0.6) is 0 Å². The number of amides is 1. The average Bonchev–Trinajstić information content (AvgIpc) is 2.32. The van der Waals surface area contributed by atoms with E-state index < -0.39 is 0 Å². The minimum atomic E-state index is -0.0463. The number of hydrogen-bond acceptors (Lipinski definition) is 3. The van der Waals surface area contributed by atoms with Crippen molar-refractivity contribution >= 4 is 5.91 Å². The molecule has 0 aliphatic heterocycles. The summed E-state index contributed by atoms with van der Waals surface area (Å²) in [4.78, 5) is 14.0. The summed E-state index contributed by atoms with van der Waals surface area (Å²) in [7, 11) is 2.01. The number of nitrogens with zero attached hydrogens (tertiary/aromatic N) is 1. The summed E-state index contributed by atoms with van der Waals surface area (Å²) in [6.45, 7) is 8.79. The molecule has 0 aliphatic rings. The molecule has 0 fully saturated rings. The Morgan fingerprint density at radius 3 is 2.44 bits per heavy atom. The van der Waals surface area contributed by atoms with E-state index in [-0.39, 0.29) is 11.9 Å². The maximum absolute atomic E-state index is 11.9. The highest BCUT2D eigenvalue weighted by Gasteiger charge is 2.16. The van der Waals surface area contributed by atoms with Crippen LogP contribution in [0.3, 0.4) is 0 Å². The SMILES string of the molecule is CC(C)CCNC(=O)C(C)N(C)CCCCCN. The molecule has 4 heteroatoms. The minimum absolute atomic E-state index is 0.0463. The summed E-state index contributed by atoms with van der Waals surface area (Å²) in [5, 5.41) is 3.00. The Morgan fingerprint density at radius 1 is 1.22 bits per heavy atom. The molecule has 0 spiro atoms. The van der Waals surface area contributed by atoms with E-state index in [4.69, 9.17) is 5.73 Å². The van der Waals surface area contributed by atoms with Gasteiger partial charge in [-0.25, -0.2) is 0 Å². The van der Waals surface area contributed by atoms with Gasteiger partial charge in [0.2, 0.25) is 5.91 Å². The highest BCUT2D eigenvalue weighted by atomic mass is 16.2. The number of hydrogen-bond donors (Lipinski definition) is 2. The van der Waals surface area contributed by atoms with Gasteiger partial charge in [-0.1, -0.05) is 20.3 Å². The molecule has 0 aromatic carbocycles. The Hall–Kier alpha value is -0.610. The zero-order valence-electron chi connectivity index (χ0n) is 12.5. The van der Waals surface area contributed by atoms with Gasteiger partial charge in [-0.15, -0.1) is 0 Å². The molecule has 1 amide bonds. The number of unbranched alkanes of at least 4 members (excludes halogenated alkanes) is 2. The molecule has 4 nitrogen and oxygen atoms in total. The van der Waals surface area contributed by atoms with Gasteiger partial charge in [-0.2, -0.15) is 0 Å². The number of nitrogens with two attached hydrogens (primary N) is 1. The number of nitrogens with one attached hydrogen (secondary N) is 1. The first-order valence-corrected chi connectivity index (χ1v) is 7.17. The van der Waals surface area contributed by atoms with Gasteiger partial charge in [0.15, 0.2) is 0 Å². The van der Waals surface area contributed by atoms with E-state index in [1.165, 1.54) is 0 Å². The van der Waals surface area contributed by atoms with Crippen LogP contribution < -0.4 is 11.1 Å². The van der Waals surface area contributed by atoms with Crippen LogP contribution in [-0.4, -0.2) is 43.5 Å². The van der Waals surface area contributed by atoms with Crippen LogP contribution in [0.15, 0.2) is 0 Å². The van der Waals surface area contributed by atoms with E-state index in [2.05, 4.69) is 24.1 Å². The summed E-state index contributed by atoms with van der Waals surface area (Å²) in [5.41, 5.74) is 5.45. The maximum Gasteiger partial charge on any atom is 0.237 e. The highest BCUT2D eigenvalue weighted by molar-refractivity contribution is 5.81. The van der Waals surface area contributed by atoms with E-state index in [0.29, 0.717) is 5.92 Å². The molecule has 0 bridgehead atoms. The first kappa shape index (κ1) is 17.4. The molecule has 0 aromatic heterocycles. The van der Waals surface area contributed by atoms with Crippen molar-refractivity contribution in [3.63, 3.8) is 0 Å². The predicted octanol–water partition coefficient (Wildman–Crippen LogP) is 1.60. The second kappa shape index (κ2) is 10.3. The van der Waals surface area contributed by atoms with E-state index in [1.807, 2.05) is 14.0 Å². The molecule has 18 heavy (non-hydrogen) atoms. The lowest BCUT2D eigenvalue weighted by Gasteiger charge is -2.24. The van der Waals surface area contributed by atoms with E-state index >= 15 is 0 Å². The van der Waals surface area contributed by atoms with Gasteiger partial charge < -0.3 is 11.1 Å². The fourth-order valence-corrected chi connectivity index (χ4v) is 1.71. The van der Waals surface area contributed by atoms with Crippen molar-refractivity contribution in [3.8, 4) is 0 Å². The van der Waals surface area contributed by atoms with Gasteiger partial charge in [0.1, 0.15) is 0 Å². The fraction of sp³-hybridized carbons (Fsp3) is 0.929. The number of carbonyl (C=O) groups is 1. The summed E-state index contributed by atoms with van der Waals surface area (Å²) in [6.07, 6.45) is 4.36. The monoisotopic (exact) mass is 257 g/mol. The van der Waals surface area contributed by atoms with Gasteiger partial charge in [0.25, 0.3) is 0 Å². The van der Waals surface area contributed by atoms with Gasteiger partial charge >= 0.3 is 0 Å². The Morgan fingerprint density at radius 2 is 1.89 bits per heavy atom. The van der Waals surface area contributed by atoms with Crippen LogP contribution in [0.1, 0.15) is 46.5 Å². The van der Waals surface area contributed by atoms with Crippen LogP contribution in [-0.2, 0) is 4.79 Å². The fourth-order valence-electron chi connectivity index (χ4n) is 1.71. The Labute approximate surface area is 112 Å². The maximum atomic E-state index is 11.9. The van der Waals surface area contributed by atoms with Crippen molar-refractivity contribution in [3.05, 3.63) is 0 Å². The molecule has 0 aliphatic carbocycles. The topological polar surface area (TPSA) is 58.4 Å². The summed E-state index contributed by atoms with van der Waals surface area (Å²) >= 11 is 0. The minimum Gasteiger partial charge on any atom is -0.355 e. The van der Waals surface area contributed by atoms with Crippen molar-refractivity contribution in [1.82, 2.24) is 10.2 Å². The lowest BCUT2D eigenvalue weighted by atomic mass is 10.1. The highest BCUT2D eigenvalue weighted by Crippen LogP contribution is 2.02. The normalized spacial score (nSPS) is 13.1. The number of likely N-dealkylation sites (N-methyl/N-ethyl adjacent to an activating group) is 1. The van der Waals surface area contributed by atoms with Crippen LogP contribution >= 0.6 is 0 Å². The average molecular weight is 257 g/mol. The standard InChI is InChI=1S/C14H31N3O/c1-12(2)8-10-16-14(18)13(3)17(4)11-7-5-6-9-15/h12-13H,5-11,15H2,1-4H3,(H,16,18). The lowest BCUT2D eigenvalue weighted by molar-refractivity contribution is -0.125. The molecule has 1 unspecified atom stereocenters. The summed E-state index contributed by atoms with van der Waals surface area (Å²) in [6, 6.07) is -0.0463. The molecule has 0 aromatic rings. The van der Waals surface area contributed by atoms with Crippen molar-refractivity contribution in [2.75, 3.05) is 26.7 Å². The molecule has 1 atom stereocenters. The second-order valence-corrected chi connectivity index (χ2v) is 5.48. The molecule has 0 saturated heterocycles. The number of carbonyl (C=O) groups excluding carboxylic acids is 1. The van der Waals surface area contributed by atoms with Crippen molar-refractivity contribution in [1.29, 1.82) is 0 Å². The lowest BCUT2D eigenvalue weighted by Crippen LogP contribution is -2.44. The zero-order valence-corrected chi connectivity index (χ0v) is 12.5. The molecular formula is C14H31N3O. The Balaban J connectivity index is 3.75. The van der Waals surface area contributed by atoms with Crippen molar-refractivity contribution in [2.24, 2.45) is 11.7 Å². The first-order valence-electron chi connectivity index (χ1n) is 7.17. The first-order chi connectivity index (χ1) is 8.49. The van der Waals surface area contributed by atoms with Gasteiger partial charge in [0.05, 0.1) is 6.04 Å². The third kappa shape index (κ3) is 8.48. The molecule has 3 N–H and O–H groups in total. The smallest absolute Gasteiger partial charge is 0.237 e. The summed E-state index contributed by atoms with van der Waals surface area (Å²) in [5.74, 6) is 0.770. The quantitative estimate of drug-likeness (QED) is 0.584. The van der Waals surface area contributed by atoms with Crippen molar-refractivity contribution < 1.29 is 4.79 Å². The van der Waals surface area contributed by atoms with Crippen molar-refractivity contribution in [2.45, 2.75) is 52.5 Å².